The van der Waals surface area contributed by atoms with Crippen molar-refractivity contribution in [1.29, 1.82) is 0 Å². The van der Waals surface area contributed by atoms with Gasteiger partial charge in [-0.3, -0.25) is 4.99 Å². The normalized spacial score (nSPS) is 11.7. The molecule has 0 amide bonds. The van der Waals surface area contributed by atoms with Crippen molar-refractivity contribution in [2.45, 2.75) is 18.7 Å². The summed E-state index contributed by atoms with van der Waals surface area (Å²) in [5, 5.41) is 0.654. The quantitative estimate of drug-likeness (QED) is 0.322. The molecule has 28 heavy (non-hydrogen) atoms. The van der Waals surface area contributed by atoms with Crippen LogP contribution in [0.5, 0.6) is 5.75 Å². The van der Waals surface area contributed by atoms with E-state index >= 15 is 0 Å². The van der Waals surface area contributed by atoms with Crippen LogP contribution in [0.15, 0.2) is 75.0 Å². The molecule has 0 spiro atoms. The Labute approximate surface area is 178 Å². The fourth-order valence-electron chi connectivity index (χ4n) is 2.42. The second-order valence-electron chi connectivity index (χ2n) is 6.18. The lowest BCUT2D eigenvalue weighted by molar-refractivity contribution is 0.484. The summed E-state index contributed by atoms with van der Waals surface area (Å²) in [5.74, 6) is 0.205. The third kappa shape index (κ3) is 4.82. The van der Waals surface area contributed by atoms with Crippen molar-refractivity contribution in [3.63, 3.8) is 0 Å². The highest BCUT2D eigenvalue weighted by Gasteiger charge is 2.18. The molecule has 0 aliphatic rings. The predicted molar refractivity (Wildman–Crippen MR) is 117 cm³/mol. The maximum absolute atomic E-state index is 12.4. The monoisotopic (exact) mass is 477 g/mol. The molecule has 7 heteroatoms. The van der Waals surface area contributed by atoms with Gasteiger partial charge in [-0.05, 0) is 83.4 Å². The first-order valence-corrected chi connectivity index (χ1v) is 10.9. The van der Waals surface area contributed by atoms with Gasteiger partial charge < -0.3 is 4.18 Å². The molecule has 3 aromatic rings. The molecule has 0 aliphatic carbocycles. The highest BCUT2D eigenvalue weighted by atomic mass is 79.9. The zero-order chi connectivity index (χ0) is 20.3. The van der Waals surface area contributed by atoms with E-state index in [-0.39, 0.29) is 10.6 Å². The van der Waals surface area contributed by atoms with Gasteiger partial charge in [-0.2, -0.15) is 8.42 Å². The molecule has 0 aliphatic heterocycles. The number of aliphatic imine (C=N–C) groups is 1. The van der Waals surface area contributed by atoms with Crippen molar-refractivity contribution in [2.75, 3.05) is 0 Å². The summed E-state index contributed by atoms with van der Waals surface area (Å²) >= 11 is 9.47. The number of aryl methyl sites for hydroxylation is 1. The summed E-state index contributed by atoms with van der Waals surface area (Å²) in [7, 11) is -3.91. The van der Waals surface area contributed by atoms with E-state index in [2.05, 4.69) is 20.9 Å². The second-order valence-corrected chi connectivity index (χ2v) is 8.99. The molecule has 0 atom stereocenters. The Balaban J connectivity index is 1.81. The van der Waals surface area contributed by atoms with E-state index < -0.39 is 10.1 Å². The van der Waals surface area contributed by atoms with Gasteiger partial charge in [0.1, 0.15) is 4.90 Å². The molecule has 0 bridgehead atoms. The number of benzene rings is 3. The van der Waals surface area contributed by atoms with E-state index in [9.17, 15) is 8.42 Å². The number of halogens is 2. The zero-order valence-corrected chi connectivity index (χ0v) is 18.3. The van der Waals surface area contributed by atoms with Crippen molar-refractivity contribution < 1.29 is 12.6 Å². The predicted octanol–water partition coefficient (Wildman–Crippen LogP) is 6.24. The summed E-state index contributed by atoms with van der Waals surface area (Å²) in [5.41, 5.74) is 3.42. The fourth-order valence-corrected chi connectivity index (χ4v) is 4.12. The van der Waals surface area contributed by atoms with Gasteiger partial charge in [-0.15, -0.1) is 0 Å². The van der Waals surface area contributed by atoms with E-state index in [0.717, 1.165) is 22.4 Å². The Morgan fingerprint density at radius 1 is 1.04 bits per heavy atom. The minimum absolute atomic E-state index is 0.104. The summed E-state index contributed by atoms with van der Waals surface area (Å²) in [6, 6.07) is 17.1. The lowest BCUT2D eigenvalue weighted by Gasteiger charge is -2.09. The van der Waals surface area contributed by atoms with Crippen LogP contribution >= 0.6 is 27.5 Å². The Bertz CT molecular complexity index is 1140. The average Bonchev–Trinajstić information content (AvgIpc) is 2.65. The molecule has 144 valence electrons. The molecule has 0 saturated carbocycles. The minimum Gasteiger partial charge on any atom is -0.378 e. The van der Waals surface area contributed by atoms with Crippen molar-refractivity contribution in [2.24, 2.45) is 4.99 Å². The summed E-state index contributed by atoms with van der Waals surface area (Å²) < 4.78 is 30.7. The van der Waals surface area contributed by atoms with Crippen LogP contribution in [-0.4, -0.2) is 14.6 Å². The first-order valence-electron chi connectivity index (χ1n) is 8.36. The highest BCUT2D eigenvalue weighted by Crippen LogP contribution is 2.29. The Morgan fingerprint density at radius 2 is 1.75 bits per heavy atom. The number of nitrogens with zero attached hydrogens (tertiary/aromatic N) is 1. The van der Waals surface area contributed by atoms with E-state index in [1.54, 1.807) is 36.5 Å². The smallest absolute Gasteiger partial charge is 0.339 e. The lowest BCUT2D eigenvalue weighted by atomic mass is 10.2. The summed E-state index contributed by atoms with van der Waals surface area (Å²) in [4.78, 5) is 4.55. The molecule has 3 rings (SSSR count). The first-order chi connectivity index (χ1) is 13.3. The van der Waals surface area contributed by atoms with Crippen LogP contribution in [-0.2, 0) is 10.1 Å². The topological polar surface area (TPSA) is 55.7 Å². The van der Waals surface area contributed by atoms with Crippen molar-refractivity contribution in [1.82, 2.24) is 0 Å². The molecule has 0 saturated heterocycles. The van der Waals surface area contributed by atoms with E-state index in [1.165, 1.54) is 12.1 Å². The molecule has 0 radical (unpaired) electrons. The minimum atomic E-state index is -3.91. The zero-order valence-electron chi connectivity index (χ0n) is 15.2. The molecule has 0 unspecified atom stereocenters. The second kappa shape index (κ2) is 8.47. The third-order valence-corrected chi connectivity index (χ3v) is 6.33. The molecule has 0 aromatic heterocycles. The highest BCUT2D eigenvalue weighted by molar-refractivity contribution is 9.10. The Kier molecular flexibility index (Phi) is 6.23. The van der Waals surface area contributed by atoms with Gasteiger partial charge in [0.2, 0.25) is 0 Å². The number of hydrogen-bond acceptors (Lipinski definition) is 4. The SMILES string of the molecule is Cc1ccc(S(=O)(=O)Oc2ccc(C=Nc3cccc(Cl)c3C)cc2Br)cc1. The molecular formula is C21H17BrClNO3S. The van der Waals surface area contributed by atoms with Crippen LogP contribution in [0, 0.1) is 13.8 Å². The molecule has 3 aromatic carbocycles. The van der Waals surface area contributed by atoms with Crippen LogP contribution in [0.1, 0.15) is 16.7 Å². The van der Waals surface area contributed by atoms with Gasteiger partial charge in [0.15, 0.2) is 5.75 Å². The molecule has 0 fully saturated rings. The maximum Gasteiger partial charge on any atom is 0.339 e. The Hall–Kier alpha value is -2.15. The largest absolute Gasteiger partial charge is 0.378 e. The third-order valence-electron chi connectivity index (χ3n) is 4.06. The van der Waals surface area contributed by atoms with Gasteiger partial charge >= 0.3 is 10.1 Å². The lowest BCUT2D eigenvalue weighted by Crippen LogP contribution is -2.10. The van der Waals surface area contributed by atoms with E-state index in [4.69, 9.17) is 15.8 Å². The van der Waals surface area contributed by atoms with Gasteiger partial charge in [-0.25, -0.2) is 0 Å². The standard InChI is InChI=1S/C21H17BrClNO3S/c1-14-6-9-17(10-7-14)28(25,26)27-21-11-8-16(12-18(21)22)13-24-20-5-3-4-19(23)15(20)2/h3-13H,1-2H3. The number of rotatable bonds is 5. The van der Waals surface area contributed by atoms with Crippen LogP contribution < -0.4 is 4.18 Å². The summed E-state index contributed by atoms with van der Waals surface area (Å²) in [6.45, 7) is 3.79. The van der Waals surface area contributed by atoms with E-state index in [0.29, 0.717) is 9.50 Å². The summed E-state index contributed by atoms with van der Waals surface area (Å²) in [6.07, 6.45) is 1.68. The van der Waals surface area contributed by atoms with Gasteiger partial charge in [-0.1, -0.05) is 35.4 Å². The van der Waals surface area contributed by atoms with Crippen molar-refractivity contribution >= 4 is 49.6 Å². The Morgan fingerprint density at radius 3 is 2.43 bits per heavy atom. The van der Waals surface area contributed by atoms with Crippen molar-refractivity contribution in [3.8, 4) is 5.75 Å². The molecule has 0 N–H and O–H groups in total. The molecule has 4 nitrogen and oxygen atoms in total. The van der Waals surface area contributed by atoms with Gasteiger partial charge in [0.25, 0.3) is 0 Å². The van der Waals surface area contributed by atoms with Gasteiger partial charge in [0.05, 0.1) is 10.2 Å². The van der Waals surface area contributed by atoms with Crippen molar-refractivity contribution in [3.05, 3.63) is 86.8 Å². The van der Waals surface area contributed by atoms with Crippen LogP contribution in [0.3, 0.4) is 0 Å². The van der Waals surface area contributed by atoms with Crippen LogP contribution in [0.25, 0.3) is 0 Å². The van der Waals surface area contributed by atoms with Crippen LogP contribution in [0.2, 0.25) is 5.02 Å². The van der Waals surface area contributed by atoms with Crippen LogP contribution in [0.4, 0.5) is 5.69 Å². The number of hydrogen-bond donors (Lipinski definition) is 0. The maximum atomic E-state index is 12.4. The van der Waals surface area contributed by atoms with E-state index in [1.807, 2.05) is 32.0 Å². The van der Waals surface area contributed by atoms with Gasteiger partial charge in [0, 0.05) is 11.2 Å². The molecule has 0 heterocycles. The average molecular weight is 479 g/mol. The molecular weight excluding hydrogens is 462 g/mol. The first kappa shape index (κ1) is 20.6. The fraction of sp³-hybridized carbons (Fsp3) is 0.0952.